The first kappa shape index (κ1) is 13.6. The van der Waals surface area contributed by atoms with Crippen molar-refractivity contribution in [3.8, 4) is 0 Å². The van der Waals surface area contributed by atoms with Gasteiger partial charge in [-0.25, -0.2) is 15.2 Å². The van der Waals surface area contributed by atoms with Gasteiger partial charge >= 0.3 is 6.03 Å². The molecule has 1 heterocycles. The number of nitrogens with one attached hydrogen (secondary N) is 1. The van der Waals surface area contributed by atoms with Crippen LogP contribution in [-0.4, -0.2) is 35.3 Å². The van der Waals surface area contributed by atoms with E-state index in [1.54, 1.807) is 5.12 Å². The van der Waals surface area contributed by atoms with Gasteiger partial charge in [0.05, 0.1) is 0 Å². The van der Waals surface area contributed by atoms with E-state index in [0.29, 0.717) is 5.92 Å². The van der Waals surface area contributed by atoms with Gasteiger partial charge < -0.3 is 5.73 Å². The highest BCUT2D eigenvalue weighted by atomic mass is 16.2. The maximum atomic E-state index is 11.8. The lowest BCUT2D eigenvalue weighted by atomic mass is 9.93. The highest BCUT2D eigenvalue weighted by Gasteiger charge is 2.33. The van der Waals surface area contributed by atoms with E-state index in [9.17, 15) is 4.79 Å². The molecular formula is C15H24N4O. The molecule has 0 spiro atoms. The second kappa shape index (κ2) is 5.97. The lowest BCUT2D eigenvalue weighted by Gasteiger charge is -2.38. The van der Waals surface area contributed by atoms with Gasteiger partial charge in [-0.2, -0.15) is 5.12 Å². The molecule has 1 saturated heterocycles. The lowest BCUT2D eigenvalue weighted by molar-refractivity contribution is -0.0434. The highest BCUT2D eigenvalue weighted by molar-refractivity contribution is 5.71. The van der Waals surface area contributed by atoms with Crippen LogP contribution in [-0.2, 0) is 0 Å². The van der Waals surface area contributed by atoms with Gasteiger partial charge in [0, 0.05) is 19.1 Å². The van der Waals surface area contributed by atoms with Gasteiger partial charge in [0.15, 0.2) is 0 Å². The summed E-state index contributed by atoms with van der Waals surface area (Å²) in [5.41, 5.74) is 10.4. The molecule has 5 nitrogen and oxygen atoms in total. The van der Waals surface area contributed by atoms with Crippen LogP contribution in [0.15, 0.2) is 23.8 Å². The molecule has 0 radical (unpaired) electrons. The Hall–Kier alpha value is -1.33. The third kappa shape index (κ3) is 2.74. The van der Waals surface area contributed by atoms with Crippen LogP contribution in [0.4, 0.5) is 4.79 Å². The minimum Gasteiger partial charge on any atom is -0.349 e. The van der Waals surface area contributed by atoms with Gasteiger partial charge in [0.25, 0.3) is 0 Å². The van der Waals surface area contributed by atoms with Crippen LogP contribution in [0.1, 0.15) is 38.5 Å². The Morgan fingerprint density at radius 1 is 1.30 bits per heavy atom. The Kier molecular flexibility index (Phi) is 4.08. The van der Waals surface area contributed by atoms with Crippen molar-refractivity contribution in [2.24, 2.45) is 11.7 Å². The number of hydrogen-bond acceptors (Lipinski definition) is 3. The number of urea groups is 1. The molecule has 110 valence electrons. The normalized spacial score (nSPS) is 29.9. The first-order valence-electron chi connectivity index (χ1n) is 7.73. The maximum absolute atomic E-state index is 11.8. The summed E-state index contributed by atoms with van der Waals surface area (Å²) < 4.78 is 0. The minimum atomic E-state index is -0.401. The number of carbonyl (C=O) groups excluding carboxylic acids is 1. The van der Waals surface area contributed by atoms with Crippen molar-refractivity contribution in [3.05, 3.63) is 23.8 Å². The Morgan fingerprint density at radius 3 is 2.85 bits per heavy atom. The number of fused-ring (bicyclic) bond motifs is 1. The van der Waals surface area contributed by atoms with E-state index in [1.807, 2.05) is 0 Å². The largest absolute Gasteiger partial charge is 0.349 e. The molecule has 0 bridgehead atoms. The molecule has 2 atom stereocenters. The molecule has 0 aromatic rings. The number of carbonyl (C=O) groups is 1. The summed E-state index contributed by atoms with van der Waals surface area (Å²) >= 11 is 0. The van der Waals surface area contributed by atoms with Crippen molar-refractivity contribution in [3.63, 3.8) is 0 Å². The molecule has 20 heavy (non-hydrogen) atoms. The predicted molar refractivity (Wildman–Crippen MR) is 78.3 cm³/mol. The first-order chi connectivity index (χ1) is 9.75. The van der Waals surface area contributed by atoms with Crippen LogP contribution >= 0.6 is 0 Å². The topological polar surface area (TPSA) is 61.6 Å². The lowest BCUT2D eigenvalue weighted by Crippen LogP contribution is -2.60. The second-order valence-electron chi connectivity index (χ2n) is 5.95. The number of hydrogen-bond donors (Lipinski definition) is 2. The predicted octanol–water partition coefficient (Wildman–Crippen LogP) is 1.94. The van der Waals surface area contributed by atoms with Gasteiger partial charge in [-0.05, 0) is 43.6 Å². The zero-order chi connectivity index (χ0) is 13.9. The minimum absolute atomic E-state index is 0.249. The molecule has 2 fully saturated rings. The van der Waals surface area contributed by atoms with Gasteiger partial charge in [0.1, 0.15) is 0 Å². The van der Waals surface area contributed by atoms with Crippen LogP contribution in [0.25, 0.3) is 0 Å². The van der Waals surface area contributed by atoms with E-state index in [0.717, 1.165) is 38.8 Å². The highest BCUT2D eigenvalue weighted by Crippen LogP contribution is 2.36. The number of amides is 2. The summed E-state index contributed by atoms with van der Waals surface area (Å²) in [5.74, 6) is 0.647. The smallest absolute Gasteiger partial charge is 0.344 e. The van der Waals surface area contributed by atoms with Crippen molar-refractivity contribution in [2.45, 2.75) is 44.6 Å². The van der Waals surface area contributed by atoms with Crippen molar-refractivity contribution in [1.82, 2.24) is 15.6 Å². The zero-order valence-corrected chi connectivity index (χ0v) is 11.9. The molecule has 0 aromatic heterocycles. The van der Waals surface area contributed by atoms with E-state index in [2.05, 4.69) is 28.7 Å². The molecule has 1 saturated carbocycles. The summed E-state index contributed by atoms with van der Waals surface area (Å²) in [6, 6.07) is -0.151. The quantitative estimate of drug-likeness (QED) is 0.774. The third-order valence-electron chi connectivity index (χ3n) is 4.63. The molecule has 0 aromatic carbocycles. The van der Waals surface area contributed by atoms with Gasteiger partial charge in [-0.15, -0.1) is 0 Å². The van der Waals surface area contributed by atoms with E-state index in [-0.39, 0.29) is 6.04 Å². The van der Waals surface area contributed by atoms with Crippen molar-refractivity contribution in [1.29, 1.82) is 0 Å². The standard InChI is InChI=1S/C15H24N4O/c16-15(20)19(18-10-4-1-5-11-18)17-14-9-8-12-6-2-3-7-13(12)14/h2-3,7,12,14,17H,1,4-6,8-11H2,(H2,16,20). The summed E-state index contributed by atoms with van der Waals surface area (Å²) in [6.45, 7) is 1.82. The number of primary amides is 1. The van der Waals surface area contributed by atoms with E-state index < -0.39 is 6.03 Å². The summed E-state index contributed by atoms with van der Waals surface area (Å²) in [4.78, 5) is 11.8. The fourth-order valence-electron chi connectivity index (χ4n) is 3.56. The first-order valence-corrected chi connectivity index (χ1v) is 7.73. The number of piperidine rings is 1. The Labute approximate surface area is 120 Å². The number of allylic oxidation sites excluding steroid dienone is 3. The molecule has 3 rings (SSSR count). The monoisotopic (exact) mass is 276 g/mol. The van der Waals surface area contributed by atoms with E-state index >= 15 is 0 Å². The Balaban J connectivity index is 1.68. The average Bonchev–Trinajstić information content (AvgIpc) is 2.88. The van der Waals surface area contributed by atoms with E-state index in [1.165, 1.54) is 18.4 Å². The number of nitrogens with two attached hydrogens (primary N) is 1. The summed E-state index contributed by atoms with van der Waals surface area (Å²) in [5, 5.41) is 3.61. The van der Waals surface area contributed by atoms with Crippen LogP contribution in [0.5, 0.6) is 0 Å². The van der Waals surface area contributed by atoms with Crippen LogP contribution in [0.2, 0.25) is 0 Å². The molecule has 3 aliphatic rings. The second-order valence-corrected chi connectivity index (χ2v) is 5.95. The van der Waals surface area contributed by atoms with Crippen LogP contribution in [0, 0.1) is 5.92 Å². The zero-order valence-electron chi connectivity index (χ0n) is 11.9. The maximum Gasteiger partial charge on any atom is 0.344 e. The fourth-order valence-corrected chi connectivity index (χ4v) is 3.56. The van der Waals surface area contributed by atoms with Crippen molar-refractivity contribution in [2.75, 3.05) is 13.1 Å². The third-order valence-corrected chi connectivity index (χ3v) is 4.63. The van der Waals surface area contributed by atoms with Gasteiger partial charge in [-0.3, -0.25) is 0 Å². The number of nitrogens with zero attached hydrogens (tertiary/aromatic N) is 2. The molecule has 2 unspecified atom stereocenters. The van der Waals surface area contributed by atoms with Gasteiger partial charge in [0.2, 0.25) is 0 Å². The van der Waals surface area contributed by atoms with Crippen LogP contribution in [0.3, 0.4) is 0 Å². The van der Waals surface area contributed by atoms with Gasteiger partial charge in [-0.1, -0.05) is 24.6 Å². The Morgan fingerprint density at radius 2 is 2.10 bits per heavy atom. The molecular weight excluding hydrogens is 252 g/mol. The fraction of sp³-hybridized carbons (Fsp3) is 0.667. The van der Waals surface area contributed by atoms with Crippen LogP contribution < -0.4 is 11.2 Å². The molecule has 5 heteroatoms. The molecule has 2 amide bonds. The SMILES string of the molecule is NC(=O)N(NC1CCC2CC=CC=C21)N1CCCCC1. The number of rotatable bonds is 3. The molecule has 1 aliphatic heterocycles. The molecule has 2 aliphatic carbocycles. The van der Waals surface area contributed by atoms with E-state index in [4.69, 9.17) is 5.73 Å². The van der Waals surface area contributed by atoms with Crippen molar-refractivity contribution < 1.29 is 4.79 Å². The summed E-state index contributed by atoms with van der Waals surface area (Å²) in [7, 11) is 0. The van der Waals surface area contributed by atoms with Crippen molar-refractivity contribution >= 4 is 6.03 Å². The average molecular weight is 276 g/mol. The molecule has 3 N–H and O–H groups in total. The Bertz CT molecular complexity index is 426. The number of hydrazine groups is 2. The summed E-state index contributed by atoms with van der Waals surface area (Å²) in [6.07, 6.45) is 13.5.